The van der Waals surface area contributed by atoms with E-state index in [2.05, 4.69) is 23.4 Å². The number of hydrogen-bond donors (Lipinski definition) is 2. The van der Waals surface area contributed by atoms with Crippen molar-refractivity contribution in [3.63, 3.8) is 0 Å². The summed E-state index contributed by atoms with van der Waals surface area (Å²) in [6, 6.07) is 12.3. The van der Waals surface area contributed by atoms with Crippen LogP contribution in [0, 0.1) is 12.3 Å². The van der Waals surface area contributed by atoms with Gasteiger partial charge in [0.15, 0.2) is 0 Å². The molecular weight excluding hydrogens is 262 g/mol. The summed E-state index contributed by atoms with van der Waals surface area (Å²) in [7, 11) is 0. The molecule has 2 aromatic carbocycles. The maximum absolute atomic E-state index is 9.31. The van der Waals surface area contributed by atoms with Gasteiger partial charge in [0.05, 0.1) is 6.61 Å². The van der Waals surface area contributed by atoms with Crippen LogP contribution in [0.25, 0.3) is 10.8 Å². The molecule has 0 spiro atoms. The standard InChI is InChI=1S/C18H21NO2/c1-3-11-21-18-10-9-14-7-5-6-8-16(14)17(18)12-19-15(4-2)13-20/h1,5-10,15,19-20H,4,11-13H2,2H3. The molecule has 0 saturated carbocycles. The van der Waals surface area contributed by atoms with Crippen LogP contribution < -0.4 is 10.1 Å². The molecule has 21 heavy (non-hydrogen) atoms. The third-order valence-electron chi connectivity index (χ3n) is 3.59. The Bertz CT molecular complexity index is 627. The highest BCUT2D eigenvalue weighted by Gasteiger charge is 2.11. The number of hydrogen-bond acceptors (Lipinski definition) is 3. The maximum atomic E-state index is 9.31. The van der Waals surface area contributed by atoms with Crippen molar-refractivity contribution in [2.75, 3.05) is 13.2 Å². The summed E-state index contributed by atoms with van der Waals surface area (Å²) in [5.41, 5.74) is 1.08. The third kappa shape index (κ3) is 3.75. The fourth-order valence-corrected chi connectivity index (χ4v) is 2.34. The molecule has 0 aromatic heterocycles. The van der Waals surface area contributed by atoms with Crippen molar-refractivity contribution >= 4 is 10.8 Å². The van der Waals surface area contributed by atoms with Crippen LogP contribution in [-0.4, -0.2) is 24.4 Å². The van der Waals surface area contributed by atoms with Crippen LogP contribution in [0.1, 0.15) is 18.9 Å². The van der Waals surface area contributed by atoms with Crippen LogP contribution in [0.2, 0.25) is 0 Å². The van der Waals surface area contributed by atoms with Gasteiger partial charge in [-0.2, -0.15) is 0 Å². The molecule has 0 saturated heterocycles. The Morgan fingerprint density at radius 2 is 2.10 bits per heavy atom. The zero-order valence-corrected chi connectivity index (χ0v) is 12.3. The predicted octanol–water partition coefficient (Wildman–Crippen LogP) is 2.71. The lowest BCUT2D eigenvalue weighted by molar-refractivity contribution is 0.238. The molecule has 2 rings (SSSR count). The van der Waals surface area contributed by atoms with Crippen LogP contribution in [0.15, 0.2) is 36.4 Å². The lowest BCUT2D eigenvalue weighted by Crippen LogP contribution is -2.31. The Morgan fingerprint density at radius 1 is 1.29 bits per heavy atom. The Morgan fingerprint density at radius 3 is 2.81 bits per heavy atom. The van der Waals surface area contributed by atoms with E-state index < -0.39 is 0 Å². The first-order valence-electron chi connectivity index (χ1n) is 7.21. The molecule has 0 bridgehead atoms. The molecule has 0 aliphatic heterocycles. The number of fused-ring (bicyclic) bond motifs is 1. The van der Waals surface area contributed by atoms with Gasteiger partial charge >= 0.3 is 0 Å². The largest absolute Gasteiger partial charge is 0.481 e. The van der Waals surface area contributed by atoms with E-state index in [1.807, 2.05) is 31.2 Å². The zero-order valence-electron chi connectivity index (χ0n) is 12.3. The van der Waals surface area contributed by atoms with Crippen molar-refractivity contribution < 1.29 is 9.84 Å². The summed E-state index contributed by atoms with van der Waals surface area (Å²) in [5.74, 6) is 3.29. The molecule has 1 atom stereocenters. The fourth-order valence-electron chi connectivity index (χ4n) is 2.34. The maximum Gasteiger partial charge on any atom is 0.148 e. The topological polar surface area (TPSA) is 41.5 Å². The van der Waals surface area contributed by atoms with Crippen LogP contribution in [0.4, 0.5) is 0 Å². The van der Waals surface area contributed by atoms with Gasteiger partial charge in [0.1, 0.15) is 12.4 Å². The van der Waals surface area contributed by atoms with Crippen molar-refractivity contribution in [2.45, 2.75) is 25.9 Å². The molecule has 3 nitrogen and oxygen atoms in total. The van der Waals surface area contributed by atoms with E-state index in [0.717, 1.165) is 23.1 Å². The van der Waals surface area contributed by atoms with Gasteiger partial charge in [0.25, 0.3) is 0 Å². The number of benzene rings is 2. The van der Waals surface area contributed by atoms with Gasteiger partial charge in [0, 0.05) is 18.2 Å². The summed E-state index contributed by atoms with van der Waals surface area (Å²) in [4.78, 5) is 0. The number of terminal acetylenes is 1. The normalized spacial score (nSPS) is 12.0. The average Bonchev–Trinajstić information content (AvgIpc) is 2.54. The van der Waals surface area contributed by atoms with E-state index in [1.54, 1.807) is 0 Å². The monoisotopic (exact) mass is 283 g/mol. The molecule has 0 fully saturated rings. The Balaban J connectivity index is 2.33. The van der Waals surface area contributed by atoms with Crippen molar-refractivity contribution in [2.24, 2.45) is 0 Å². The minimum absolute atomic E-state index is 0.0875. The van der Waals surface area contributed by atoms with Crippen LogP contribution in [0.3, 0.4) is 0 Å². The van der Waals surface area contributed by atoms with Crippen LogP contribution in [0.5, 0.6) is 5.75 Å². The van der Waals surface area contributed by atoms with Gasteiger partial charge in [-0.15, -0.1) is 6.42 Å². The average molecular weight is 283 g/mol. The van der Waals surface area contributed by atoms with Crippen molar-refractivity contribution in [1.29, 1.82) is 0 Å². The van der Waals surface area contributed by atoms with E-state index in [4.69, 9.17) is 11.2 Å². The second-order valence-electron chi connectivity index (χ2n) is 4.92. The lowest BCUT2D eigenvalue weighted by atomic mass is 10.0. The third-order valence-corrected chi connectivity index (χ3v) is 3.59. The molecule has 1 unspecified atom stereocenters. The molecule has 3 heteroatoms. The molecule has 2 N–H and O–H groups in total. The Labute approximate surface area is 125 Å². The molecule has 2 aromatic rings. The lowest BCUT2D eigenvalue weighted by Gasteiger charge is -2.17. The molecule has 110 valence electrons. The first-order valence-corrected chi connectivity index (χ1v) is 7.21. The summed E-state index contributed by atoms with van der Waals surface area (Å²) >= 11 is 0. The highest BCUT2D eigenvalue weighted by molar-refractivity contribution is 5.87. The predicted molar refractivity (Wildman–Crippen MR) is 86.3 cm³/mol. The summed E-state index contributed by atoms with van der Waals surface area (Å²) in [6.45, 7) is 3.07. The quantitative estimate of drug-likeness (QED) is 0.768. The molecule has 0 aliphatic carbocycles. The summed E-state index contributed by atoms with van der Waals surface area (Å²) in [5, 5.41) is 15.0. The van der Waals surface area contributed by atoms with Gasteiger partial charge < -0.3 is 15.2 Å². The van der Waals surface area contributed by atoms with Crippen LogP contribution >= 0.6 is 0 Å². The zero-order chi connectivity index (χ0) is 15.1. The number of nitrogens with one attached hydrogen (secondary N) is 1. The van der Waals surface area contributed by atoms with Gasteiger partial charge in [-0.1, -0.05) is 43.2 Å². The molecule has 0 aliphatic rings. The highest BCUT2D eigenvalue weighted by atomic mass is 16.5. The van der Waals surface area contributed by atoms with Crippen molar-refractivity contribution in [1.82, 2.24) is 5.32 Å². The number of aliphatic hydroxyl groups excluding tert-OH is 1. The first-order chi connectivity index (χ1) is 10.3. The Kier molecular flexibility index (Phi) is 5.62. The van der Waals surface area contributed by atoms with E-state index in [0.29, 0.717) is 6.54 Å². The number of rotatable bonds is 7. The van der Waals surface area contributed by atoms with Gasteiger partial charge in [0.2, 0.25) is 0 Å². The second kappa shape index (κ2) is 7.68. The van der Waals surface area contributed by atoms with E-state index in [9.17, 15) is 5.11 Å². The first kappa shape index (κ1) is 15.4. The molecule has 0 radical (unpaired) electrons. The molecule has 0 amide bonds. The van der Waals surface area contributed by atoms with E-state index in [-0.39, 0.29) is 19.3 Å². The SMILES string of the molecule is C#CCOc1ccc2ccccc2c1CNC(CC)CO. The van der Waals surface area contributed by atoms with E-state index in [1.165, 1.54) is 5.39 Å². The van der Waals surface area contributed by atoms with E-state index >= 15 is 0 Å². The van der Waals surface area contributed by atoms with Gasteiger partial charge in [-0.05, 0) is 23.3 Å². The Hall–Kier alpha value is -2.02. The smallest absolute Gasteiger partial charge is 0.148 e. The molecular formula is C18H21NO2. The fraction of sp³-hybridized carbons (Fsp3) is 0.333. The van der Waals surface area contributed by atoms with Gasteiger partial charge in [-0.3, -0.25) is 0 Å². The van der Waals surface area contributed by atoms with Crippen molar-refractivity contribution in [3.8, 4) is 18.1 Å². The minimum atomic E-state index is 0.0875. The minimum Gasteiger partial charge on any atom is -0.481 e. The summed E-state index contributed by atoms with van der Waals surface area (Å²) < 4.78 is 5.66. The number of ether oxygens (including phenoxy) is 1. The summed E-state index contributed by atoms with van der Waals surface area (Å²) in [6.07, 6.45) is 6.16. The number of aliphatic hydroxyl groups is 1. The van der Waals surface area contributed by atoms with Crippen LogP contribution in [-0.2, 0) is 6.54 Å². The van der Waals surface area contributed by atoms with Crippen molar-refractivity contribution in [3.05, 3.63) is 42.0 Å². The highest BCUT2D eigenvalue weighted by Crippen LogP contribution is 2.28. The molecule has 0 heterocycles. The second-order valence-corrected chi connectivity index (χ2v) is 4.92. The van der Waals surface area contributed by atoms with Gasteiger partial charge in [-0.25, -0.2) is 0 Å².